The minimum absolute atomic E-state index is 0.108. The molecule has 9 heteroatoms. The molecule has 3 aromatic rings. The van der Waals surface area contributed by atoms with E-state index in [-0.39, 0.29) is 17.7 Å². The summed E-state index contributed by atoms with van der Waals surface area (Å²) < 4.78 is 11.0. The van der Waals surface area contributed by atoms with Crippen LogP contribution in [0.15, 0.2) is 42.5 Å². The van der Waals surface area contributed by atoms with Crippen molar-refractivity contribution in [2.45, 2.75) is 31.3 Å². The maximum absolute atomic E-state index is 13.9. The standard InChI is InChI=1S/C28H34N4O5/c1-28-17-22-21-16-20(37-14-13-36-4)9-10-23(21)29-24(22)25(18-7-5-8-19(33)15-18)32(28)27(35)31(26(28)34)12-6-11-30(2)3/h5,7-10,15-16,25,29,33H,6,11-14,17H2,1-4H3. The molecule has 0 bridgehead atoms. The molecular formula is C28H34N4O5. The summed E-state index contributed by atoms with van der Waals surface area (Å²) >= 11 is 0. The number of phenolic OH excluding ortho intramolecular Hbond substituents is 1. The number of hydrogen-bond acceptors (Lipinski definition) is 6. The lowest BCUT2D eigenvalue weighted by Gasteiger charge is -2.42. The van der Waals surface area contributed by atoms with Crippen LogP contribution in [0.1, 0.15) is 36.2 Å². The van der Waals surface area contributed by atoms with E-state index in [0.717, 1.165) is 34.3 Å². The highest BCUT2D eigenvalue weighted by Crippen LogP contribution is 2.49. The molecule has 196 valence electrons. The van der Waals surface area contributed by atoms with Gasteiger partial charge in [-0.05, 0) is 75.4 Å². The molecule has 0 aliphatic carbocycles. The predicted octanol–water partition coefficient (Wildman–Crippen LogP) is 3.52. The van der Waals surface area contributed by atoms with Gasteiger partial charge in [0.25, 0.3) is 5.91 Å². The van der Waals surface area contributed by atoms with Gasteiger partial charge in [-0.2, -0.15) is 0 Å². The zero-order chi connectivity index (χ0) is 26.3. The minimum atomic E-state index is -1.06. The van der Waals surface area contributed by atoms with E-state index in [1.165, 1.54) is 4.90 Å². The number of aromatic amines is 1. The van der Waals surface area contributed by atoms with E-state index in [1.54, 1.807) is 30.2 Å². The molecule has 0 radical (unpaired) electrons. The van der Waals surface area contributed by atoms with Crippen LogP contribution >= 0.6 is 0 Å². The zero-order valence-electron chi connectivity index (χ0n) is 21.8. The molecule has 2 aliphatic heterocycles. The van der Waals surface area contributed by atoms with Gasteiger partial charge < -0.3 is 24.5 Å². The van der Waals surface area contributed by atoms with Crippen molar-refractivity contribution in [3.05, 3.63) is 59.3 Å². The molecule has 5 rings (SSSR count). The monoisotopic (exact) mass is 506 g/mol. The average Bonchev–Trinajstić information content (AvgIpc) is 3.30. The predicted molar refractivity (Wildman–Crippen MR) is 140 cm³/mol. The number of phenols is 1. The van der Waals surface area contributed by atoms with Gasteiger partial charge in [0.15, 0.2) is 0 Å². The van der Waals surface area contributed by atoms with Crippen LogP contribution in [0.2, 0.25) is 0 Å². The summed E-state index contributed by atoms with van der Waals surface area (Å²) in [4.78, 5) is 36.3. The van der Waals surface area contributed by atoms with E-state index in [4.69, 9.17) is 9.47 Å². The molecule has 3 amide bonds. The van der Waals surface area contributed by atoms with Crippen LogP contribution in [0.25, 0.3) is 10.9 Å². The van der Waals surface area contributed by atoms with Crippen LogP contribution in [-0.4, -0.2) is 89.8 Å². The second kappa shape index (κ2) is 9.72. The van der Waals surface area contributed by atoms with E-state index in [2.05, 4.69) is 4.98 Å². The highest BCUT2D eigenvalue weighted by Gasteiger charge is 2.60. The van der Waals surface area contributed by atoms with E-state index >= 15 is 0 Å². The smallest absolute Gasteiger partial charge is 0.328 e. The van der Waals surface area contributed by atoms with Crippen molar-refractivity contribution < 1.29 is 24.2 Å². The van der Waals surface area contributed by atoms with Crippen molar-refractivity contribution >= 4 is 22.8 Å². The van der Waals surface area contributed by atoms with E-state index < -0.39 is 11.6 Å². The molecule has 2 atom stereocenters. The number of urea groups is 1. The van der Waals surface area contributed by atoms with Crippen molar-refractivity contribution in [1.82, 2.24) is 19.7 Å². The topological polar surface area (TPSA) is 98.3 Å². The van der Waals surface area contributed by atoms with Crippen LogP contribution in [0.5, 0.6) is 11.5 Å². The van der Waals surface area contributed by atoms with Gasteiger partial charge in [-0.15, -0.1) is 0 Å². The summed E-state index contributed by atoms with van der Waals surface area (Å²) in [5.41, 5.74) is 2.42. The molecule has 0 spiro atoms. The average molecular weight is 507 g/mol. The number of imide groups is 1. The van der Waals surface area contributed by atoms with E-state index in [0.29, 0.717) is 38.3 Å². The first-order chi connectivity index (χ1) is 17.7. The number of carbonyl (C=O) groups excluding carboxylic acids is 2. The number of methoxy groups -OCH3 is 1. The van der Waals surface area contributed by atoms with Gasteiger partial charge >= 0.3 is 6.03 Å². The largest absolute Gasteiger partial charge is 0.508 e. The van der Waals surface area contributed by atoms with Crippen LogP contribution in [-0.2, 0) is 16.0 Å². The fourth-order valence-electron chi connectivity index (χ4n) is 5.61. The number of nitrogens with zero attached hydrogens (tertiary/aromatic N) is 3. The normalized spacial score (nSPS) is 21.2. The number of ether oxygens (including phenoxy) is 2. The number of fused-ring (bicyclic) bond motifs is 4. The van der Waals surface area contributed by atoms with Crippen LogP contribution < -0.4 is 4.74 Å². The third-order valence-corrected chi connectivity index (χ3v) is 7.37. The lowest BCUT2D eigenvalue weighted by molar-refractivity contribution is -0.133. The highest BCUT2D eigenvalue weighted by atomic mass is 16.5. The van der Waals surface area contributed by atoms with Gasteiger partial charge in [-0.1, -0.05) is 12.1 Å². The molecule has 2 N–H and O–H groups in total. The van der Waals surface area contributed by atoms with Crippen molar-refractivity contribution in [2.24, 2.45) is 0 Å². The summed E-state index contributed by atoms with van der Waals surface area (Å²) in [7, 11) is 5.58. The maximum atomic E-state index is 13.9. The van der Waals surface area contributed by atoms with E-state index in [9.17, 15) is 14.7 Å². The molecule has 2 aromatic carbocycles. The molecule has 9 nitrogen and oxygen atoms in total. The van der Waals surface area contributed by atoms with Crippen LogP contribution in [0, 0.1) is 0 Å². The Bertz CT molecular complexity index is 1340. The molecule has 1 aromatic heterocycles. The van der Waals surface area contributed by atoms with Crippen LogP contribution in [0.4, 0.5) is 4.79 Å². The Morgan fingerprint density at radius 3 is 2.70 bits per heavy atom. The number of rotatable bonds is 9. The van der Waals surface area contributed by atoms with E-state index in [1.807, 2.05) is 50.2 Å². The zero-order valence-corrected chi connectivity index (χ0v) is 21.8. The molecule has 37 heavy (non-hydrogen) atoms. The first kappa shape index (κ1) is 25.1. The molecule has 3 heterocycles. The Balaban J connectivity index is 1.61. The third kappa shape index (κ3) is 4.32. The van der Waals surface area contributed by atoms with Crippen molar-refractivity contribution in [3.8, 4) is 11.5 Å². The minimum Gasteiger partial charge on any atom is -0.508 e. The molecule has 1 fully saturated rings. The third-order valence-electron chi connectivity index (χ3n) is 7.37. The van der Waals surface area contributed by atoms with Gasteiger partial charge in [0.05, 0.1) is 6.61 Å². The number of carbonyl (C=O) groups is 2. The maximum Gasteiger partial charge on any atom is 0.328 e. The summed E-state index contributed by atoms with van der Waals surface area (Å²) in [6.45, 7) is 3.91. The second-order valence-corrected chi connectivity index (χ2v) is 10.3. The van der Waals surface area contributed by atoms with Gasteiger partial charge in [0, 0.05) is 36.7 Å². The number of aromatic hydroxyl groups is 1. The van der Waals surface area contributed by atoms with Crippen molar-refractivity contribution in [2.75, 3.05) is 47.5 Å². The molecular weight excluding hydrogens is 472 g/mol. The summed E-state index contributed by atoms with van der Waals surface area (Å²) in [5.74, 6) is 0.637. The fraction of sp³-hybridized carbons (Fsp3) is 0.429. The highest BCUT2D eigenvalue weighted by molar-refractivity contribution is 6.08. The quantitative estimate of drug-likeness (QED) is 0.340. The summed E-state index contributed by atoms with van der Waals surface area (Å²) in [6.07, 6.45) is 1.08. The Morgan fingerprint density at radius 1 is 1.16 bits per heavy atom. The first-order valence-electron chi connectivity index (χ1n) is 12.6. The Morgan fingerprint density at radius 2 is 1.97 bits per heavy atom. The first-order valence-corrected chi connectivity index (χ1v) is 12.6. The number of nitrogens with one attached hydrogen (secondary N) is 1. The molecule has 0 saturated carbocycles. The van der Waals surface area contributed by atoms with Gasteiger partial charge in [-0.25, -0.2) is 4.79 Å². The molecule has 2 unspecified atom stereocenters. The summed E-state index contributed by atoms with van der Waals surface area (Å²) in [6, 6.07) is 11.9. The Kier molecular flexibility index (Phi) is 6.59. The number of amides is 3. The number of aromatic nitrogens is 1. The van der Waals surface area contributed by atoms with Gasteiger partial charge in [0.2, 0.25) is 0 Å². The lowest BCUT2D eigenvalue weighted by Crippen LogP contribution is -2.53. The SMILES string of the molecule is COCCOc1ccc2[nH]c3c(c2c1)CC1(C)C(=O)N(CCCN(C)C)C(=O)N1C3c1cccc(O)c1. The lowest BCUT2D eigenvalue weighted by atomic mass is 9.81. The number of hydrogen-bond donors (Lipinski definition) is 2. The number of H-pyrrole nitrogens is 1. The Hall–Kier alpha value is -3.56. The van der Waals surface area contributed by atoms with Gasteiger partial charge in [0.1, 0.15) is 29.7 Å². The Labute approximate surface area is 216 Å². The van der Waals surface area contributed by atoms with Crippen molar-refractivity contribution in [1.29, 1.82) is 0 Å². The summed E-state index contributed by atoms with van der Waals surface area (Å²) in [5, 5.41) is 11.3. The van der Waals surface area contributed by atoms with Crippen LogP contribution in [0.3, 0.4) is 0 Å². The van der Waals surface area contributed by atoms with Gasteiger partial charge in [-0.3, -0.25) is 14.6 Å². The molecule has 1 saturated heterocycles. The number of benzene rings is 2. The second-order valence-electron chi connectivity index (χ2n) is 10.3. The fourth-order valence-corrected chi connectivity index (χ4v) is 5.61. The van der Waals surface area contributed by atoms with Crippen molar-refractivity contribution in [3.63, 3.8) is 0 Å². The molecule has 2 aliphatic rings.